The number of hydroxylamine groups is 2. The van der Waals surface area contributed by atoms with Crippen LogP contribution in [0.25, 0.3) is 0 Å². The van der Waals surface area contributed by atoms with E-state index in [1.54, 1.807) is 13.8 Å². The molecule has 0 unspecified atom stereocenters. The first-order chi connectivity index (χ1) is 21.4. The van der Waals surface area contributed by atoms with E-state index >= 15 is 0 Å². The van der Waals surface area contributed by atoms with E-state index in [1.165, 1.54) is 13.1 Å². The molecule has 46 heavy (non-hydrogen) atoms. The molecule has 4 aliphatic heterocycles. The van der Waals surface area contributed by atoms with Crippen LogP contribution in [0.15, 0.2) is 0 Å². The lowest BCUT2D eigenvalue weighted by Gasteiger charge is -2.32. The number of hydrogen-bond donors (Lipinski definition) is 3. The van der Waals surface area contributed by atoms with Crippen molar-refractivity contribution >= 4 is 48.0 Å². The minimum absolute atomic E-state index is 0. The third kappa shape index (κ3) is 21.0. The van der Waals surface area contributed by atoms with Crippen LogP contribution in [0.1, 0.15) is 66.2 Å². The zero-order valence-corrected chi connectivity index (χ0v) is 29.5. The number of hydrogen-bond acceptors (Lipinski definition) is 11. The van der Waals surface area contributed by atoms with Crippen LogP contribution in [0.3, 0.4) is 0 Å². The van der Waals surface area contributed by atoms with Gasteiger partial charge in [0.2, 0.25) is 11.8 Å². The van der Waals surface area contributed by atoms with Crippen molar-refractivity contribution in [2.24, 2.45) is 0 Å². The van der Waals surface area contributed by atoms with E-state index in [0.717, 1.165) is 65.4 Å². The SMILES string of the molecule is CCC(=O)N1CCN(C)CC1.CCC(=O)N1CCNCC1.CCC(=O)O.CCC(=O)ON1C(=O)CCC1=O.CN1CCNCC1.Cl. The maximum atomic E-state index is 11.2. The van der Waals surface area contributed by atoms with Crippen molar-refractivity contribution in [2.45, 2.75) is 66.2 Å². The summed E-state index contributed by atoms with van der Waals surface area (Å²) in [5, 5.41) is 14.7. The normalized spacial score (nSPS) is 18.1. The Balaban J connectivity index is 0. The molecule has 268 valence electrons. The third-order valence-corrected chi connectivity index (χ3v) is 7.06. The largest absolute Gasteiger partial charge is 0.481 e. The van der Waals surface area contributed by atoms with Crippen LogP contribution in [-0.2, 0) is 33.6 Å². The first-order valence-electron chi connectivity index (χ1n) is 16.0. The van der Waals surface area contributed by atoms with Crippen molar-refractivity contribution in [3.63, 3.8) is 0 Å². The van der Waals surface area contributed by atoms with E-state index in [0.29, 0.717) is 17.9 Å². The summed E-state index contributed by atoms with van der Waals surface area (Å²) in [7, 11) is 4.24. The molecule has 0 bridgehead atoms. The van der Waals surface area contributed by atoms with Gasteiger partial charge in [-0.15, -0.1) is 17.5 Å². The maximum absolute atomic E-state index is 11.2. The molecular weight excluding hydrogens is 622 g/mol. The average molecular weight is 680 g/mol. The maximum Gasteiger partial charge on any atom is 0.332 e. The zero-order valence-electron chi connectivity index (χ0n) is 28.7. The highest BCUT2D eigenvalue weighted by atomic mass is 35.5. The van der Waals surface area contributed by atoms with Crippen molar-refractivity contribution in [3.8, 4) is 0 Å². The second-order valence-corrected chi connectivity index (χ2v) is 10.7. The number of rotatable bonds is 5. The molecule has 0 radical (unpaired) electrons. The molecule has 4 amide bonds. The lowest BCUT2D eigenvalue weighted by atomic mass is 10.3. The summed E-state index contributed by atoms with van der Waals surface area (Å²) >= 11 is 0. The van der Waals surface area contributed by atoms with Gasteiger partial charge in [-0.1, -0.05) is 27.7 Å². The van der Waals surface area contributed by atoms with Gasteiger partial charge >= 0.3 is 11.9 Å². The molecule has 0 aromatic rings. The number of piperazine rings is 3. The molecule has 15 nitrogen and oxygen atoms in total. The lowest BCUT2D eigenvalue weighted by Crippen LogP contribution is -2.46. The first kappa shape index (κ1) is 45.3. The second-order valence-electron chi connectivity index (χ2n) is 10.7. The summed E-state index contributed by atoms with van der Waals surface area (Å²) in [6.07, 6.45) is 1.92. The number of nitrogens with one attached hydrogen (secondary N) is 2. The fraction of sp³-hybridized carbons (Fsp3) is 0.800. The summed E-state index contributed by atoms with van der Waals surface area (Å²) in [4.78, 5) is 76.9. The summed E-state index contributed by atoms with van der Waals surface area (Å²) in [6.45, 7) is 19.3. The topological polar surface area (TPSA) is 172 Å². The Morgan fingerprint density at radius 2 is 1.00 bits per heavy atom. The third-order valence-electron chi connectivity index (χ3n) is 7.06. The standard InChI is InChI=1S/C8H16N2O.C7H14N2O.C7H9NO4.C5H12N2.C3H6O2.ClH/c1-3-8(11)10-6-4-9(2)5-7-10;1-2-7(10)9-5-3-8-4-6-9;1-2-7(11)12-8-5(9)3-4-6(8)10;1-7-4-2-6-3-5-7;1-2-3(4)5;/h3-7H2,1-2H3;8H,2-6H2,1H3;2-4H2,1H3;6H,2-5H2,1H3;2H2,1H3,(H,4,5);1H. The molecule has 0 spiro atoms. The molecule has 4 rings (SSSR count). The molecule has 3 N–H and O–H groups in total. The molecule has 0 aromatic carbocycles. The van der Waals surface area contributed by atoms with E-state index in [-0.39, 0.29) is 49.9 Å². The lowest BCUT2D eigenvalue weighted by molar-refractivity contribution is -0.197. The predicted molar refractivity (Wildman–Crippen MR) is 177 cm³/mol. The number of amides is 4. The smallest absolute Gasteiger partial charge is 0.332 e. The van der Waals surface area contributed by atoms with Crippen LogP contribution < -0.4 is 10.6 Å². The van der Waals surface area contributed by atoms with Crippen molar-refractivity contribution in [1.29, 1.82) is 0 Å². The van der Waals surface area contributed by atoms with Crippen LogP contribution >= 0.6 is 12.4 Å². The van der Waals surface area contributed by atoms with Crippen LogP contribution in [0, 0.1) is 0 Å². The first-order valence-corrected chi connectivity index (χ1v) is 16.0. The van der Waals surface area contributed by atoms with E-state index in [9.17, 15) is 28.8 Å². The van der Waals surface area contributed by atoms with E-state index in [4.69, 9.17) is 5.11 Å². The highest BCUT2D eigenvalue weighted by Crippen LogP contribution is 2.12. The van der Waals surface area contributed by atoms with Crippen molar-refractivity contribution in [2.75, 3.05) is 92.6 Å². The van der Waals surface area contributed by atoms with Gasteiger partial charge in [-0.25, -0.2) is 4.79 Å². The Bertz CT molecular complexity index is 892. The Morgan fingerprint density at radius 3 is 1.33 bits per heavy atom. The van der Waals surface area contributed by atoms with Crippen molar-refractivity contribution < 1.29 is 38.7 Å². The Labute approximate surface area is 280 Å². The molecule has 0 saturated carbocycles. The molecule has 16 heteroatoms. The van der Waals surface area contributed by atoms with Gasteiger partial charge in [0.25, 0.3) is 11.8 Å². The zero-order chi connectivity index (χ0) is 34.2. The van der Waals surface area contributed by atoms with Crippen molar-refractivity contribution in [1.82, 2.24) is 35.3 Å². The average Bonchev–Trinajstić information content (AvgIpc) is 3.38. The summed E-state index contributed by atoms with van der Waals surface area (Å²) in [5.74, 6) is -1.63. The fourth-order valence-electron chi connectivity index (χ4n) is 4.02. The summed E-state index contributed by atoms with van der Waals surface area (Å²) in [5.41, 5.74) is 0. The quantitative estimate of drug-likeness (QED) is 0.343. The second kappa shape index (κ2) is 27.3. The minimum atomic E-state index is -0.745. The fourth-order valence-corrected chi connectivity index (χ4v) is 4.02. The Morgan fingerprint density at radius 1 is 0.630 bits per heavy atom. The van der Waals surface area contributed by atoms with E-state index in [1.807, 2.05) is 23.6 Å². The van der Waals surface area contributed by atoms with Crippen LogP contribution in [0.4, 0.5) is 0 Å². The van der Waals surface area contributed by atoms with Gasteiger partial charge in [-0.3, -0.25) is 24.0 Å². The molecule has 4 heterocycles. The molecule has 0 aromatic heterocycles. The Hall–Kier alpha value is -2.85. The number of imide groups is 1. The molecule has 4 saturated heterocycles. The predicted octanol–water partition coefficient (Wildman–Crippen LogP) is 0.426. The highest BCUT2D eigenvalue weighted by Gasteiger charge is 2.32. The van der Waals surface area contributed by atoms with Crippen LogP contribution in [-0.4, -0.2) is 158 Å². The van der Waals surface area contributed by atoms with Gasteiger partial charge in [0.05, 0.1) is 0 Å². The molecule has 0 aliphatic carbocycles. The monoisotopic (exact) mass is 679 g/mol. The number of carbonyl (C=O) groups is 6. The number of halogens is 1. The number of carbonyl (C=O) groups excluding carboxylic acids is 5. The molecule has 0 atom stereocenters. The van der Waals surface area contributed by atoms with Crippen molar-refractivity contribution in [3.05, 3.63) is 0 Å². The van der Waals surface area contributed by atoms with E-state index < -0.39 is 23.8 Å². The number of carboxylic acid groups (broad SMARTS) is 1. The van der Waals surface area contributed by atoms with Gasteiger partial charge in [0.15, 0.2) is 0 Å². The molecule has 4 fully saturated rings. The number of aliphatic carboxylic acids is 1. The minimum Gasteiger partial charge on any atom is -0.481 e. The van der Waals surface area contributed by atoms with E-state index in [2.05, 4.69) is 39.4 Å². The summed E-state index contributed by atoms with van der Waals surface area (Å²) < 4.78 is 0. The van der Waals surface area contributed by atoms with Gasteiger partial charge in [0.1, 0.15) is 0 Å². The van der Waals surface area contributed by atoms with Gasteiger partial charge in [-0.05, 0) is 14.1 Å². The van der Waals surface area contributed by atoms with Gasteiger partial charge < -0.3 is 40.2 Å². The molecule has 4 aliphatic rings. The number of carboxylic acids is 1. The number of nitrogens with zero attached hydrogens (tertiary/aromatic N) is 5. The van der Waals surface area contributed by atoms with Crippen LogP contribution in [0.5, 0.6) is 0 Å². The number of likely N-dealkylation sites (N-methyl/N-ethyl adjacent to an activating group) is 2. The molecular formula is C30H58ClN7O8. The summed E-state index contributed by atoms with van der Waals surface area (Å²) in [6, 6.07) is 0. The van der Waals surface area contributed by atoms with Gasteiger partial charge in [-0.2, -0.15) is 0 Å². The Kier molecular flexibility index (Phi) is 26.8. The van der Waals surface area contributed by atoms with Gasteiger partial charge in [0, 0.05) is 117 Å². The highest BCUT2D eigenvalue weighted by molar-refractivity contribution is 6.01. The van der Waals surface area contributed by atoms with Crippen LogP contribution in [0.2, 0.25) is 0 Å².